The van der Waals surface area contributed by atoms with Crippen molar-refractivity contribution in [1.29, 1.82) is 0 Å². The molecule has 0 unspecified atom stereocenters. The van der Waals surface area contributed by atoms with Gasteiger partial charge in [0.05, 0.1) is 12.6 Å². The summed E-state index contributed by atoms with van der Waals surface area (Å²) in [6.07, 6.45) is 2.20. The summed E-state index contributed by atoms with van der Waals surface area (Å²) in [7, 11) is 0. The standard InChI is InChI=1S/C21H22FN3O3/c1-13(26)25-9-8-14-11-16(5-6-19(14)25)23-21(27)24-18-3-2-10-28-20-7-4-15(22)12-17(18)20/h4-7,11-12,18H,2-3,8-10H2,1H3,(H2,23,24,27)/t18-/m1/s1. The fourth-order valence-electron chi connectivity index (χ4n) is 3.83. The Labute approximate surface area is 162 Å². The molecule has 2 N–H and O–H groups in total. The average Bonchev–Trinajstić information content (AvgIpc) is 2.99. The van der Waals surface area contributed by atoms with Gasteiger partial charge in [0, 0.05) is 30.4 Å². The highest BCUT2D eigenvalue weighted by atomic mass is 19.1. The SMILES string of the molecule is CC(=O)N1CCc2cc(NC(=O)N[C@@H]3CCCOc4ccc(F)cc43)ccc21. The Morgan fingerprint density at radius 3 is 2.89 bits per heavy atom. The normalized spacial score (nSPS) is 17.8. The molecule has 0 aromatic heterocycles. The maximum atomic E-state index is 13.7. The van der Waals surface area contributed by atoms with Gasteiger partial charge < -0.3 is 20.3 Å². The first-order chi connectivity index (χ1) is 13.5. The summed E-state index contributed by atoms with van der Waals surface area (Å²) in [4.78, 5) is 25.9. The van der Waals surface area contributed by atoms with Gasteiger partial charge in [-0.3, -0.25) is 4.79 Å². The van der Waals surface area contributed by atoms with E-state index >= 15 is 0 Å². The molecule has 28 heavy (non-hydrogen) atoms. The van der Waals surface area contributed by atoms with Crippen LogP contribution in [0.3, 0.4) is 0 Å². The summed E-state index contributed by atoms with van der Waals surface area (Å²) in [5.41, 5.74) is 3.23. The maximum Gasteiger partial charge on any atom is 0.319 e. The van der Waals surface area contributed by atoms with Crippen LogP contribution in [-0.4, -0.2) is 25.1 Å². The number of amides is 3. The van der Waals surface area contributed by atoms with Gasteiger partial charge in [0.2, 0.25) is 5.91 Å². The molecule has 7 heteroatoms. The molecule has 3 amide bonds. The number of carbonyl (C=O) groups excluding carboxylic acids is 2. The summed E-state index contributed by atoms with van der Waals surface area (Å²) in [5, 5.41) is 5.77. The molecule has 2 aliphatic rings. The van der Waals surface area contributed by atoms with Gasteiger partial charge in [-0.2, -0.15) is 0 Å². The van der Waals surface area contributed by atoms with Crippen LogP contribution in [0.2, 0.25) is 0 Å². The molecular weight excluding hydrogens is 361 g/mol. The largest absolute Gasteiger partial charge is 0.493 e. The highest BCUT2D eigenvalue weighted by Gasteiger charge is 2.24. The number of hydrogen-bond acceptors (Lipinski definition) is 3. The Bertz CT molecular complexity index is 931. The number of halogens is 1. The summed E-state index contributed by atoms with van der Waals surface area (Å²) in [6.45, 7) is 2.74. The number of urea groups is 1. The van der Waals surface area contributed by atoms with Gasteiger partial charge in [-0.15, -0.1) is 0 Å². The number of carbonyl (C=O) groups is 2. The Kier molecular flexibility index (Phi) is 4.90. The van der Waals surface area contributed by atoms with E-state index in [1.54, 1.807) is 24.0 Å². The van der Waals surface area contributed by atoms with Crippen molar-refractivity contribution in [1.82, 2.24) is 5.32 Å². The second-order valence-electron chi connectivity index (χ2n) is 7.09. The molecule has 2 aromatic rings. The average molecular weight is 383 g/mol. The first-order valence-corrected chi connectivity index (χ1v) is 9.42. The van der Waals surface area contributed by atoms with Gasteiger partial charge in [-0.1, -0.05) is 0 Å². The summed E-state index contributed by atoms with van der Waals surface area (Å²) >= 11 is 0. The number of hydrogen-bond donors (Lipinski definition) is 2. The molecule has 146 valence electrons. The maximum absolute atomic E-state index is 13.7. The van der Waals surface area contributed by atoms with Crippen LogP contribution in [0.4, 0.5) is 20.6 Å². The molecule has 0 radical (unpaired) electrons. The van der Waals surface area contributed by atoms with Gasteiger partial charge in [-0.25, -0.2) is 9.18 Å². The van der Waals surface area contributed by atoms with Crippen molar-refractivity contribution in [3.05, 3.63) is 53.3 Å². The molecule has 0 bridgehead atoms. The van der Waals surface area contributed by atoms with E-state index in [0.29, 0.717) is 36.6 Å². The molecule has 2 aliphatic heterocycles. The smallest absolute Gasteiger partial charge is 0.319 e. The molecule has 2 aromatic carbocycles. The van der Waals surface area contributed by atoms with Crippen molar-refractivity contribution in [2.45, 2.75) is 32.2 Å². The van der Waals surface area contributed by atoms with Crippen LogP contribution in [0.25, 0.3) is 0 Å². The van der Waals surface area contributed by atoms with Crippen molar-refractivity contribution in [2.24, 2.45) is 0 Å². The van der Waals surface area contributed by atoms with Crippen LogP contribution < -0.4 is 20.3 Å². The zero-order valence-electron chi connectivity index (χ0n) is 15.6. The number of nitrogens with one attached hydrogen (secondary N) is 2. The monoisotopic (exact) mass is 383 g/mol. The third-order valence-electron chi connectivity index (χ3n) is 5.16. The second kappa shape index (κ2) is 7.50. The first-order valence-electron chi connectivity index (χ1n) is 9.42. The molecular formula is C21H22FN3O3. The van der Waals surface area contributed by atoms with E-state index in [4.69, 9.17) is 4.74 Å². The predicted octanol–water partition coefficient (Wildman–Crippen LogP) is 3.77. The van der Waals surface area contributed by atoms with E-state index in [-0.39, 0.29) is 23.8 Å². The second-order valence-corrected chi connectivity index (χ2v) is 7.09. The highest BCUT2D eigenvalue weighted by molar-refractivity contribution is 5.95. The molecule has 1 atom stereocenters. The lowest BCUT2D eigenvalue weighted by Crippen LogP contribution is -2.32. The van der Waals surface area contributed by atoms with Gasteiger partial charge in [0.1, 0.15) is 11.6 Å². The molecule has 0 spiro atoms. The lowest BCUT2D eigenvalue weighted by molar-refractivity contribution is -0.116. The Morgan fingerprint density at radius 1 is 1.21 bits per heavy atom. The molecule has 0 fully saturated rings. The third kappa shape index (κ3) is 3.65. The zero-order valence-corrected chi connectivity index (χ0v) is 15.6. The number of fused-ring (bicyclic) bond motifs is 2. The predicted molar refractivity (Wildman–Crippen MR) is 104 cm³/mol. The number of benzene rings is 2. The summed E-state index contributed by atoms with van der Waals surface area (Å²) in [5.74, 6) is 0.259. The van der Waals surface area contributed by atoms with E-state index < -0.39 is 0 Å². The van der Waals surface area contributed by atoms with Gasteiger partial charge >= 0.3 is 6.03 Å². The van der Waals surface area contributed by atoms with E-state index in [0.717, 1.165) is 24.1 Å². The van der Waals surface area contributed by atoms with Crippen LogP contribution >= 0.6 is 0 Å². The van der Waals surface area contributed by atoms with Crippen molar-refractivity contribution in [2.75, 3.05) is 23.4 Å². The Hall–Kier alpha value is -3.09. The van der Waals surface area contributed by atoms with Crippen LogP contribution in [0.5, 0.6) is 5.75 Å². The van der Waals surface area contributed by atoms with Gasteiger partial charge in [0.15, 0.2) is 0 Å². The van der Waals surface area contributed by atoms with Crippen molar-refractivity contribution < 1.29 is 18.7 Å². The van der Waals surface area contributed by atoms with Crippen molar-refractivity contribution >= 4 is 23.3 Å². The van der Waals surface area contributed by atoms with Crippen LogP contribution in [0, 0.1) is 5.82 Å². The third-order valence-corrected chi connectivity index (χ3v) is 5.16. The first kappa shape index (κ1) is 18.3. The van der Waals surface area contributed by atoms with Gasteiger partial charge in [0.25, 0.3) is 0 Å². The lowest BCUT2D eigenvalue weighted by atomic mass is 10.0. The zero-order chi connectivity index (χ0) is 19.7. The van der Waals surface area contributed by atoms with E-state index in [1.807, 2.05) is 12.1 Å². The van der Waals surface area contributed by atoms with Crippen LogP contribution in [0.15, 0.2) is 36.4 Å². The quantitative estimate of drug-likeness (QED) is 0.829. The van der Waals surface area contributed by atoms with Gasteiger partial charge in [-0.05, 0) is 61.2 Å². The molecule has 0 aliphatic carbocycles. The Morgan fingerprint density at radius 2 is 2.07 bits per heavy atom. The van der Waals surface area contributed by atoms with Crippen LogP contribution in [-0.2, 0) is 11.2 Å². The molecule has 6 nitrogen and oxygen atoms in total. The summed E-state index contributed by atoms with van der Waals surface area (Å²) in [6, 6.07) is 9.21. The fourth-order valence-corrected chi connectivity index (χ4v) is 3.83. The molecule has 0 saturated heterocycles. The fraction of sp³-hybridized carbons (Fsp3) is 0.333. The minimum absolute atomic E-state index is 0.0127. The lowest BCUT2D eigenvalue weighted by Gasteiger charge is -2.19. The number of ether oxygens (including phenoxy) is 1. The van der Waals surface area contributed by atoms with Crippen molar-refractivity contribution in [3.63, 3.8) is 0 Å². The van der Waals surface area contributed by atoms with Crippen LogP contribution in [0.1, 0.15) is 36.9 Å². The number of anilines is 2. The highest BCUT2D eigenvalue weighted by Crippen LogP contribution is 2.33. The Balaban J connectivity index is 1.47. The van der Waals surface area contributed by atoms with E-state index in [9.17, 15) is 14.0 Å². The van der Waals surface area contributed by atoms with E-state index in [2.05, 4.69) is 10.6 Å². The molecule has 4 rings (SSSR count). The molecule has 2 heterocycles. The topological polar surface area (TPSA) is 70.7 Å². The minimum atomic E-state index is -0.358. The molecule has 0 saturated carbocycles. The number of rotatable bonds is 2. The van der Waals surface area contributed by atoms with Crippen molar-refractivity contribution in [3.8, 4) is 5.75 Å². The minimum Gasteiger partial charge on any atom is -0.493 e. The summed E-state index contributed by atoms with van der Waals surface area (Å²) < 4.78 is 19.3. The number of nitrogens with zero attached hydrogens (tertiary/aromatic N) is 1. The van der Waals surface area contributed by atoms with E-state index in [1.165, 1.54) is 12.1 Å².